The standard InChI is InChI=1S/C23H21F2NO6S.C23H22FNO6S/c24-17-6-11-22(20(25)15-17)33(29,30)26-18-7-9-19(10-8-18)31-13-14-32-21-4-2-1-3-16(21)5-12-23(27)28;24-20-6-2-4-8-22(20)32(28,29)25-18-10-12-19(13-11-18)30-15-16-31-21-7-3-1-5-17(21)9-14-23(26)27/h1-4,6-11,15,26H,5,12-14H2,(H,27,28);1-8,10-13,25H,9,14-16H2,(H,26,27). The third kappa shape index (κ3) is 15.5. The minimum Gasteiger partial charge on any atom is -0.490 e. The van der Waals surface area contributed by atoms with Crippen LogP contribution in [0.15, 0.2) is 149 Å². The number of anilines is 2. The highest BCUT2D eigenvalue weighted by Crippen LogP contribution is 2.25. The highest BCUT2D eigenvalue weighted by molar-refractivity contribution is 7.93. The first-order valence-corrected chi connectivity index (χ1v) is 22.6. The molecule has 6 aromatic rings. The fourth-order valence-electron chi connectivity index (χ4n) is 5.82. The Hall–Kier alpha value is -7.25. The number of sulfonamides is 2. The third-order valence-corrected chi connectivity index (χ3v) is 11.7. The first-order valence-electron chi connectivity index (χ1n) is 19.7. The number of hydrogen-bond donors (Lipinski definition) is 4. The average molecular weight is 937 g/mol. The first kappa shape index (κ1) is 48.8. The van der Waals surface area contributed by atoms with Gasteiger partial charge in [0.25, 0.3) is 20.0 Å². The zero-order valence-electron chi connectivity index (χ0n) is 34.4. The van der Waals surface area contributed by atoms with Gasteiger partial charge in [-0.05, 0) is 109 Å². The normalized spacial score (nSPS) is 11.1. The Morgan fingerprint density at radius 1 is 0.477 bits per heavy atom. The summed E-state index contributed by atoms with van der Waals surface area (Å²) < 4.78 is 117. The second-order valence-electron chi connectivity index (χ2n) is 13.7. The third-order valence-electron chi connectivity index (χ3n) is 8.90. The number of para-hydroxylation sites is 2. The van der Waals surface area contributed by atoms with Gasteiger partial charge in [0.2, 0.25) is 0 Å². The molecule has 65 heavy (non-hydrogen) atoms. The van der Waals surface area contributed by atoms with Gasteiger partial charge in [-0.2, -0.15) is 0 Å². The van der Waals surface area contributed by atoms with E-state index in [1.54, 1.807) is 42.5 Å². The lowest BCUT2D eigenvalue weighted by molar-refractivity contribution is -0.138. The van der Waals surface area contributed by atoms with E-state index in [1.165, 1.54) is 54.6 Å². The Morgan fingerprint density at radius 2 is 0.877 bits per heavy atom. The van der Waals surface area contributed by atoms with Crippen molar-refractivity contribution in [1.82, 2.24) is 0 Å². The molecule has 0 heterocycles. The van der Waals surface area contributed by atoms with Crippen molar-refractivity contribution in [2.45, 2.75) is 35.5 Å². The second kappa shape index (κ2) is 23.4. The van der Waals surface area contributed by atoms with Crippen LogP contribution in [-0.4, -0.2) is 65.4 Å². The topological polar surface area (TPSA) is 204 Å². The van der Waals surface area contributed by atoms with Gasteiger partial charge in [0.15, 0.2) is 0 Å². The molecule has 19 heteroatoms. The molecule has 0 aliphatic carbocycles. The molecular formula is C46H43F3N2O12S2. The Labute approximate surface area is 373 Å². The molecule has 6 aromatic carbocycles. The molecule has 0 amide bonds. The van der Waals surface area contributed by atoms with E-state index < -0.39 is 59.2 Å². The van der Waals surface area contributed by atoms with Crippen molar-refractivity contribution in [3.8, 4) is 23.0 Å². The quantitative estimate of drug-likeness (QED) is 0.0475. The number of nitrogens with one attached hydrogen (secondary N) is 2. The van der Waals surface area contributed by atoms with Gasteiger partial charge in [0.05, 0.1) is 0 Å². The molecule has 0 saturated carbocycles. The van der Waals surface area contributed by atoms with E-state index in [-0.39, 0.29) is 50.6 Å². The molecule has 0 aromatic heterocycles. The minimum absolute atomic E-state index is 0.000772. The number of carbonyl (C=O) groups is 2. The number of halogens is 3. The number of rotatable bonds is 22. The van der Waals surface area contributed by atoms with Crippen molar-refractivity contribution in [2.75, 3.05) is 35.9 Å². The molecular weight excluding hydrogens is 894 g/mol. The van der Waals surface area contributed by atoms with Crippen LogP contribution in [0.4, 0.5) is 24.5 Å². The summed E-state index contributed by atoms with van der Waals surface area (Å²) in [5, 5.41) is 17.7. The number of aryl methyl sites for hydroxylation is 2. The highest BCUT2D eigenvalue weighted by atomic mass is 32.2. The van der Waals surface area contributed by atoms with Crippen LogP contribution in [0, 0.1) is 17.5 Å². The van der Waals surface area contributed by atoms with Crippen LogP contribution < -0.4 is 28.4 Å². The number of aliphatic carboxylic acids is 2. The lowest BCUT2D eigenvalue weighted by atomic mass is 10.1. The molecule has 0 saturated heterocycles. The number of benzene rings is 6. The maximum atomic E-state index is 13.8. The SMILES string of the molecule is O=C(O)CCc1ccccc1OCCOc1ccc(NS(=O)(=O)c2ccc(F)cc2F)cc1.O=C(O)CCc1ccccc1OCCOc1ccc(NS(=O)(=O)c2ccccc2F)cc1. The Morgan fingerprint density at radius 3 is 1.31 bits per heavy atom. The molecule has 0 unspecified atom stereocenters. The lowest BCUT2D eigenvalue weighted by Crippen LogP contribution is -2.14. The molecule has 0 aliphatic heterocycles. The van der Waals surface area contributed by atoms with E-state index in [0.29, 0.717) is 41.9 Å². The van der Waals surface area contributed by atoms with Crippen molar-refractivity contribution in [1.29, 1.82) is 0 Å². The summed E-state index contributed by atoms with van der Waals surface area (Å²) in [5.74, 6) is -2.51. The van der Waals surface area contributed by atoms with Crippen LogP contribution in [0.2, 0.25) is 0 Å². The Balaban J connectivity index is 0.000000244. The summed E-state index contributed by atoms with van der Waals surface area (Å²) >= 11 is 0. The van der Waals surface area contributed by atoms with Gasteiger partial charge in [0.1, 0.15) is 76.7 Å². The molecule has 0 bridgehead atoms. The molecule has 0 fully saturated rings. The number of carboxylic acids is 2. The summed E-state index contributed by atoms with van der Waals surface area (Å²) in [5.41, 5.74) is 2.04. The Kier molecular flexibility index (Phi) is 17.6. The van der Waals surface area contributed by atoms with Crippen LogP contribution in [0.3, 0.4) is 0 Å². The molecule has 0 atom stereocenters. The van der Waals surface area contributed by atoms with Gasteiger partial charge in [-0.1, -0.05) is 48.5 Å². The lowest BCUT2D eigenvalue weighted by Gasteiger charge is -2.12. The van der Waals surface area contributed by atoms with E-state index in [9.17, 15) is 39.6 Å². The molecule has 14 nitrogen and oxygen atoms in total. The van der Waals surface area contributed by atoms with Gasteiger partial charge < -0.3 is 29.2 Å². The summed E-state index contributed by atoms with van der Waals surface area (Å²) in [4.78, 5) is 20.5. The maximum absolute atomic E-state index is 13.8. The summed E-state index contributed by atoms with van der Waals surface area (Å²) in [6.45, 7) is 0.876. The van der Waals surface area contributed by atoms with Crippen molar-refractivity contribution in [2.24, 2.45) is 0 Å². The van der Waals surface area contributed by atoms with E-state index >= 15 is 0 Å². The predicted molar refractivity (Wildman–Crippen MR) is 234 cm³/mol. The van der Waals surface area contributed by atoms with Gasteiger partial charge >= 0.3 is 11.9 Å². The van der Waals surface area contributed by atoms with E-state index in [2.05, 4.69) is 9.44 Å². The number of hydrogen-bond acceptors (Lipinski definition) is 10. The van der Waals surface area contributed by atoms with Crippen molar-refractivity contribution < 1.29 is 68.8 Å². The zero-order valence-corrected chi connectivity index (χ0v) is 36.0. The van der Waals surface area contributed by atoms with E-state index in [1.807, 2.05) is 18.2 Å². The minimum atomic E-state index is -4.23. The van der Waals surface area contributed by atoms with Crippen molar-refractivity contribution in [3.63, 3.8) is 0 Å². The fourth-order valence-corrected chi connectivity index (χ4v) is 8.08. The van der Waals surface area contributed by atoms with Gasteiger partial charge in [0, 0.05) is 30.3 Å². The molecule has 342 valence electrons. The summed E-state index contributed by atoms with van der Waals surface area (Å²) in [6.07, 6.45) is 0.743. The molecule has 6 rings (SSSR count). The highest BCUT2D eigenvalue weighted by Gasteiger charge is 2.20. The molecule has 0 radical (unpaired) electrons. The van der Waals surface area contributed by atoms with Crippen LogP contribution in [0.5, 0.6) is 23.0 Å². The summed E-state index contributed by atoms with van der Waals surface area (Å²) in [7, 11) is -8.27. The number of carboxylic acid groups (broad SMARTS) is 2. The van der Waals surface area contributed by atoms with Crippen molar-refractivity contribution in [3.05, 3.63) is 168 Å². The van der Waals surface area contributed by atoms with Gasteiger partial charge in [-0.15, -0.1) is 0 Å². The predicted octanol–water partition coefficient (Wildman–Crippen LogP) is 8.34. The van der Waals surface area contributed by atoms with Gasteiger partial charge in [-0.25, -0.2) is 30.0 Å². The Bertz CT molecular complexity index is 2760. The molecule has 4 N–H and O–H groups in total. The van der Waals surface area contributed by atoms with Crippen LogP contribution in [0.25, 0.3) is 0 Å². The molecule has 0 spiro atoms. The van der Waals surface area contributed by atoms with E-state index in [0.717, 1.165) is 29.3 Å². The zero-order chi connectivity index (χ0) is 46.8. The average Bonchev–Trinajstić information content (AvgIpc) is 3.27. The van der Waals surface area contributed by atoms with Crippen LogP contribution in [0.1, 0.15) is 24.0 Å². The number of ether oxygens (including phenoxy) is 4. The molecule has 0 aliphatic rings. The second-order valence-corrected chi connectivity index (χ2v) is 17.0. The fraction of sp³-hybridized carbons (Fsp3) is 0.174. The summed E-state index contributed by atoms with van der Waals surface area (Å²) in [6, 6.07) is 33.8. The largest absolute Gasteiger partial charge is 0.490 e. The van der Waals surface area contributed by atoms with Crippen LogP contribution in [-0.2, 0) is 42.5 Å². The van der Waals surface area contributed by atoms with Crippen LogP contribution >= 0.6 is 0 Å². The van der Waals surface area contributed by atoms with Gasteiger partial charge in [-0.3, -0.25) is 19.0 Å². The van der Waals surface area contributed by atoms with E-state index in [4.69, 9.17) is 29.2 Å². The van der Waals surface area contributed by atoms with Crippen molar-refractivity contribution >= 4 is 43.4 Å². The smallest absolute Gasteiger partial charge is 0.303 e. The monoisotopic (exact) mass is 936 g/mol. The maximum Gasteiger partial charge on any atom is 0.303 e. The first-order chi connectivity index (χ1) is 31.1.